The van der Waals surface area contributed by atoms with Crippen LogP contribution in [0.3, 0.4) is 0 Å². The number of nitrogens with one attached hydrogen (secondary N) is 2. The smallest absolute Gasteiger partial charge is 0.315 e. The van der Waals surface area contributed by atoms with Gasteiger partial charge in [0.15, 0.2) is 0 Å². The number of aryl methyl sites for hydroxylation is 1. The summed E-state index contributed by atoms with van der Waals surface area (Å²) in [5, 5.41) is 5.73. The molecule has 1 aliphatic rings. The molecule has 2 amide bonds. The highest BCUT2D eigenvalue weighted by molar-refractivity contribution is 7.88. The normalized spacial score (nSPS) is 17.2. The van der Waals surface area contributed by atoms with Crippen LogP contribution in [0.2, 0.25) is 0 Å². The monoisotopic (exact) mass is 325 g/mol. The van der Waals surface area contributed by atoms with Crippen LogP contribution in [0.5, 0.6) is 0 Å². The molecule has 7 heteroatoms. The molecule has 1 aromatic carbocycles. The Morgan fingerprint density at radius 1 is 1.23 bits per heavy atom. The zero-order valence-electron chi connectivity index (χ0n) is 13.0. The van der Waals surface area contributed by atoms with E-state index < -0.39 is 10.0 Å². The summed E-state index contributed by atoms with van der Waals surface area (Å²) in [7, 11) is -3.12. The number of hydrogen-bond donors (Lipinski definition) is 2. The SMILES string of the molecule is Cc1ccc(CNC(=O)NC2CCN(S(C)(=O)=O)CC2)cc1. The van der Waals surface area contributed by atoms with E-state index in [9.17, 15) is 13.2 Å². The molecular formula is C15H23N3O3S. The van der Waals surface area contributed by atoms with Gasteiger partial charge in [-0.25, -0.2) is 17.5 Å². The van der Waals surface area contributed by atoms with Gasteiger partial charge in [-0.05, 0) is 25.3 Å². The molecule has 2 N–H and O–H groups in total. The van der Waals surface area contributed by atoms with Crippen molar-refractivity contribution in [2.75, 3.05) is 19.3 Å². The third-order valence-electron chi connectivity index (χ3n) is 3.83. The lowest BCUT2D eigenvalue weighted by Gasteiger charge is -2.30. The summed E-state index contributed by atoms with van der Waals surface area (Å²) in [4.78, 5) is 11.9. The van der Waals surface area contributed by atoms with Gasteiger partial charge in [-0.2, -0.15) is 0 Å². The molecule has 1 saturated heterocycles. The van der Waals surface area contributed by atoms with Gasteiger partial charge in [0.05, 0.1) is 6.26 Å². The van der Waals surface area contributed by atoms with E-state index in [2.05, 4.69) is 10.6 Å². The van der Waals surface area contributed by atoms with Crippen molar-refractivity contribution in [1.29, 1.82) is 0 Å². The Balaban J connectivity index is 1.73. The van der Waals surface area contributed by atoms with Gasteiger partial charge in [0.1, 0.15) is 0 Å². The first kappa shape index (κ1) is 16.8. The minimum absolute atomic E-state index is 0.0241. The van der Waals surface area contributed by atoms with Gasteiger partial charge in [0.2, 0.25) is 10.0 Å². The summed E-state index contributed by atoms with van der Waals surface area (Å²) < 4.78 is 24.3. The van der Waals surface area contributed by atoms with Gasteiger partial charge in [-0.15, -0.1) is 0 Å². The molecule has 0 bridgehead atoms. The summed E-state index contributed by atoms with van der Waals surface area (Å²) in [6.45, 7) is 3.42. The van der Waals surface area contributed by atoms with Crippen LogP contribution in [-0.4, -0.2) is 44.1 Å². The summed E-state index contributed by atoms with van der Waals surface area (Å²) in [6.07, 6.45) is 2.51. The highest BCUT2D eigenvalue weighted by atomic mass is 32.2. The molecule has 0 saturated carbocycles. The van der Waals surface area contributed by atoms with Crippen molar-refractivity contribution in [3.8, 4) is 0 Å². The highest BCUT2D eigenvalue weighted by Gasteiger charge is 2.25. The molecule has 1 heterocycles. The van der Waals surface area contributed by atoms with Crippen LogP contribution in [0, 0.1) is 6.92 Å². The van der Waals surface area contributed by atoms with Gasteiger partial charge < -0.3 is 10.6 Å². The lowest BCUT2D eigenvalue weighted by molar-refractivity contribution is 0.227. The zero-order valence-corrected chi connectivity index (χ0v) is 13.8. The largest absolute Gasteiger partial charge is 0.335 e. The maximum Gasteiger partial charge on any atom is 0.315 e. The van der Waals surface area contributed by atoms with Gasteiger partial charge in [0.25, 0.3) is 0 Å². The Labute approximate surface area is 131 Å². The standard InChI is InChI=1S/C15H23N3O3S/c1-12-3-5-13(6-4-12)11-16-15(19)17-14-7-9-18(10-8-14)22(2,20)21/h3-6,14H,7-11H2,1-2H3,(H2,16,17,19). The third kappa shape index (κ3) is 4.99. The minimum Gasteiger partial charge on any atom is -0.335 e. The number of amides is 2. The second kappa shape index (κ2) is 7.11. The van der Waals surface area contributed by atoms with Gasteiger partial charge in [-0.1, -0.05) is 29.8 Å². The van der Waals surface area contributed by atoms with Crippen molar-refractivity contribution < 1.29 is 13.2 Å². The number of rotatable bonds is 4. The van der Waals surface area contributed by atoms with Crippen LogP contribution in [0.4, 0.5) is 4.79 Å². The molecule has 2 rings (SSSR count). The van der Waals surface area contributed by atoms with Crippen molar-refractivity contribution >= 4 is 16.1 Å². The molecule has 6 nitrogen and oxygen atoms in total. The third-order valence-corrected chi connectivity index (χ3v) is 5.14. The average molecular weight is 325 g/mol. The maximum atomic E-state index is 11.9. The van der Waals surface area contributed by atoms with Crippen molar-refractivity contribution in [2.24, 2.45) is 0 Å². The van der Waals surface area contributed by atoms with Crippen LogP contribution < -0.4 is 10.6 Å². The number of carbonyl (C=O) groups excluding carboxylic acids is 1. The molecule has 1 aromatic rings. The lowest BCUT2D eigenvalue weighted by Crippen LogP contribution is -2.48. The first-order valence-corrected chi connectivity index (χ1v) is 9.24. The number of hydrogen-bond acceptors (Lipinski definition) is 3. The van der Waals surface area contributed by atoms with Crippen LogP contribution in [0.1, 0.15) is 24.0 Å². The second-order valence-electron chi connectivity index (χ2n) is 5.75. The first-order valence-electron chi connectivity index (χ1n) is 7.39. The number of benzene rings is 1. The Hall–Kier alpha value is -1.60. The second-order valence-corrected chi connectivity index (χ2v) is 7.73. The predicted molar refractivity (Wildman–Crippen MR) is 86.0 cm³/mol. The van der Waals surface area contributed by atoms with E-state index in [-0.39, 0.29) is 12.1 Å². The Morgan fingerprint density at radius 2 is 1.82 bits per heavy atom. The molecule has 22 heavy (non-hydrogen) atoms. The minimum atomic E-state index is -3.12. The molecule has 0 aliphatic carbocycles. The van der Waals surface area contributed by atoms with Gasteiger partial charge in [0, 0.05) is 25.7 Å². The first-order chi connectivity index (χ1) is 10.3. The highest BCUT2D eigenvalue weighted by Crippen LogP contribution is 2.13. The van der Waals surface area contributed by atoms with Crippen LogP contribution in [-0.2, 0) is 16.6 Å². The number of sulfonamides is 1. The molecule has 0 aromatic heterocycles. The molecule has 0 atom stereocenters. The average Bonchev–Trinajstić information content (AvgIpc) is 2.46. The topological polar surface area (TPSA) is 78.5 Å². The van der Waals surface area contributed by atoms with Crippen LogP contribution >= 0.6 is 0 Å². The zero-order chi connectivity index (χ0) is 16.2. The molecule has 0 spiro atoms. The Bertz CT molecular complexity index is 605. The fourth-order valence-corrected chi connectivity index (χ4v) is 3.33. The van der Waals surface area contributed by atoms with Crippen molar-refractivity contribution in [3.63, 3.8) is 0 Å². The summed E-state index contributed by atoms with van der Waals surface area (Å²) in [5.74, 6) is 0. The summed E-state index contributed by atoms with van der Waals surface area (Å²) in [5.41, 5.74) is 2.23. The Morgan fingerprint density at radius 3 is 2.36 bits per heavy atom. The summed E-state index contributed by atoms with van der Waals surface area (Å²) in [6, 6.07) is 7.81. The molecule has 1 fully saturated rings. The van der Waals surface area contributed by atoms with E-state index in [1.807, 2.05) is 31.2 Å². The quantitative estimate of drug-likeness (QED) is 0.873. The van der Waals surface area contributed by atoms with Gasteiger partial charge >= 0.3 is 6.03 Å². The fraction of sp³-hybridized carbons (Fsp3) is 0.533. The maximum absolute atomic E-state index is 11.9. The van der Waals surface area contributed by atoms with Crippen LogP contribution in [0.25, 0.3) is 0 Å². The predicted octanol–water partition coefficient (Wildman–Crippen LogP) is 1.22. The van der Waals surface area contributed by atoms with Crippen molar-refractivity contribution in [1.82, 2.24) is 14.9 Å². The van der Waals surface area contributed by atoms with Crippen molar-refractivity contribution in [2.45, 2.75) is 32.4 Å². The van der Waals surface area contributed by atoms with E-state index >= 15 is 0 Å². The molecule has 0 unspecified atom stereocenters. The van der Waals surface area contributed by atoms with Crippen molar-refractivity contribution in [3.05, 3.63) is 35.4 Å². The van der Waals surface area contributed by atoms with E-state index in [0.29, 0.717) is 32.5 Å². The molecular weight excluding hydrogens is 302 g/mol. The van der Waals surface area contributed by atoms with Crippen LogP contribution in [0.15, 0.2) is 24.3 Å². The number of carbonyl (C=O) groups is 1. The van der Waals surface area contributed by atoms with E-state index in [4.69, 9.17) is 0 Å². The Kier molecular flexibility index (Phi) is 5.42. The summed E-state index contributed by atoms with van der Waals surface area (Å²) >= 11 is 0. The molecule has 0 radical (unpaired) electrons. The molecule has 122 valence electrons. The van der Waals surface area contributed by atoms with Gasteiger partial charge in [-0.3, -0.25) is 0 Å². The number of piperidine rings is 1. The molecule has 1 aliphatic heterocycles. The van der Waals surface area contributed by atoms with E-state index in [1.165, 1.54) is 16.1 Å². The number of nitrogens with zero attached hydrogens (tertiary/aromatic N) is 1. The number of urea groups is 1. The lowest BCUT2D eigenvalue weighted by atomic mass is 10.1. The van der Waals surface area contributed by atoms with E-state index in [0.717, 1.165) is 5.56 Å². The fourth-order valence-electron chi connectivity index (χ4n) is 2.46. The van der Waals surface area contributed by atoms with E-state index in [1.54, 1.807) is 0 Å².